The van der Waals surface area contributed by atoms with E-state index in [2.05, 4.69) is 4.72 Å². The van der Waals surface area contributed by atoms with Crippen molar-refractivity contribution in [3.63, 3.8) is 0 Å². The molecule has 0 spiro atoms. The molecule has 0 saturated heterocycles. The van der Waals surface area contributed by atoms with Gasteiger partial charge in [0.25, 0.3) is 0 Å². The number of nitriles is 1. The van der Waals surface area contributed by atoms with Gasteiger partial charge in [0.15, 0.2) is 0 Å². The number of benzene rings is 1. The van der Waals surface area contributed by atoms with Crippen LogP contribution in [0.2, 0.25) is 5.02 Å². The highest BCUT2D eigenvalue weighted by Gasteiger charge is 2.22. The minimum Gasteiger partial charge on any atom is -0.391 e. The number of aliphatic hydroxyl groups excluding tert-OH is 1. The summed E-state index contributed by atoms with van der Waals surface area (Å²) in [5.74, 6) is 0.0358. The standard InChI is InChI=1S/C14H19ClN2O3S/c1-3-11(4-2)13(18)9-17-21(19,20)14-7-10(8-16)5-6-12(14)15/h5-7,11,13,17-18H,3-4,9H2,1-2H3. The third-order valence-corrected chi connectivity index (χ3v) is 5.33. The summed E-state index contributed by atoms with van der Waals surface area (Å²) in [6.07, 6.45) is 0.779. The molecule has 21 heavy (non-hydrogen) atoms. The van der Waals surface area contributed by atoms with E-state index in [9.17, 15) is 13.5 Å². The van der Waals surface area contributed by atoms with Gasteiger partial charge in [0.1, 0.15) is 4.90 Å². The van der Waals surface area contributed by atoms with E-state index in [0.29, 0.717) is 0 Å². The van der Waals surface area contributed by atoms with Crippen LogP contribution >= 0.6 is 11.6 Å². The molecule has 116 valence electrons. The Hall–Kier alpha value is -1.13. The van der Waals surface area contributed by atoms with Gasteiger partial charge in [0.05, 0.1) is 22.8 Å². The van der Waals surface area contributed by atoms with Crippen LogP contribution in [-0.4, -0.2) is 26.2 Å². The molecule has 0 heterocycles. The molecule has 0 saturated carbocycles. The molecule has 1 atom stereocenters. The zero-order valence-electron chi connectivity index (χ0n) is 12.0. The number of hydrogen-bond acceptors (Lipinski definition) is 4. The second kappa shape index (κ2) is 7.76. The van der Waals surface area contributed by atoms with Crippen molar-refractivity contribution in [2.75, 3.05) is 6.54 Å². The van der Waals surface area contributed by atoms with Crippen LogP contribution in [0, 0.1) is 17.2 Å². The second-order valence-electron chi connectivity index (χ2n) is 4.75. The summed E-state index contributed by atoms with van der Waals surface area (Å²) in [6, 6.07) is 5.90. The topological polar surface area (TPSA) is 90.2 Å². The van der Waals surface area contributed by atoms with Crippen LogP contribution in [0.5, 0.6) is 0 Å². The van der Waals surface area contributed by atoms with Gasteiger partial charge in [-0.1, -0.05) is 38.3 Å². The van der Waals surface area contributed by atoms with Gasteiger partial charge in [-0.25, -0.2) is 13.1 Å². The van der Waals surface area contributed by atoms with E-state index >= 15 is 0 Å². The highest BCUT2D eigenvalue weighted by atomic mass is 35.5. The predicted molar refractivity (Wildman–Crippen MR) is 81.4 cm³/mol. The minimum absolute atomic E-state index is 0.0358. The Kier molecular flexibility index (Phi) is 6.62. The van der Waals surface area contributed by atoms with E-state index < -0.39 is 16.1 Å². The molecule has 0 aliphatic rings. The van der Waals surface area contributed by atoms with Crippen LogP contribution in [-0.2, 0) is 10.0 Å². The summed E-state index contributed by atoms with van der Waals surface area (Å²) in [6.45, 7) is 3.81. The lowest BCUT2D eigenvalue weighted by molar-refractivity contribution is 0.107. The highest BCUT2D eigenvalue weighted by molar-refractivity contribution is 7.89. The van der Waals surface area contributed by atoms with Crippen molar-refractivity contribution in [3.8, 4) is 6.07 Å². The van der Waals surface area contributed by atoms with Gasteiger partial charge in [-0.15, -0.1) is 0 Å². The fourth-order valence-electron chi connectivity index (χ4n) is 2.05. The fourth-order valence-corrected chi connectivity index (χ4v) is 3.63. The van der Waals surface area contributed by atoms with Gasteiger partial charge in [-0.05, 0) is 24.1 Å². The van der Waals surface area contributed by atoms with Crippen molar-refractivity contribution >= 4 is 21.6 Å². The maximum atomic E-state index is 12.2. The summed E-state index contributed by atoms with van der Waals surface area (Å²) in [7, 11) is -3.86. The van der Waals surface area contributed by atoms with Crippen molar-refractivity contribution in [2.45, 2.75) is 37.7 Å². The minimum atomic E-state index is -3.86. The Morgan fingerprint density at radius 3 is 2.52 bits per heavy atom. The molecule has 0 bridgehead atoms. The lowest BCUT2D eigenvalue weighted by Crippen LogP contribution is -2.36. The molecule has 0 amide bonds. The number of hydrogen-bond donors (Lipinski definition) is 2. The van der Waals surface area contributed by atoms with Crippen LogP contribution in [0.25, 0.3) is 0 Å². The number of nitrogens with one attached hydrogen (secondary N) is 1. The second-order valence-corrected chi connectivity index (χ2v) is 6.90. The fraction of sp³-hybridized carbons (Fsp3) is 0.500. The van der Waals surface area contributed by atoms with Crippen molar-refractivity contribution in [3.05, 3.63) is 28.8 Å². The third-order valence-electron chi connectivity index (χ3n) is 3.43. The number of sulfonamides is 1. The SMILES string of the molecule is CCC(CC)C(O)CNS(=O)(=O)c1cc(C#N)ccc1Cl. The summed E-state index contributed by atoms with van der Waals surface area (Å²) < 4.78 is 26.8. The van der Waals surface area contributed by atoms with Gasteiger partial charge in [0.2, 0.25) is 10.0 Å². The Balaban J connectivity index is 2.90. The molecular weight excluding hydrogens is 312 g/mol. The lowest BCUT2D eigenvalue weighted by atomic mass is 9.97. The predicted octanol–water partition coefficient (Wildman–Crippen LogP) is 2.29. The molecule has 0 aromatic heterocycles. The first-order chi connectivity index (χ1) is 9.85. The Labute approximate surface area is 130 Å². The van der Waals surface area contributed by atoms with Crippen LogP contribution < -0.4 is 4.72 Å². The van der Waals surface area contributed by atoms with Gasteiger partial charge in [-0.2, -0.15) is 5.26 Å². The zero-order valence-corrected chi connectivity index (χ0v) is 13.6. The van der Waals surface area contributed by atoms with E-state index in [-0.39, 0.29) is 27.9 Å². The first-order valence-corrected chi connectivity index (χ1v) is 8.59. The number of nitrogens with zero attached hydrogens (tertiary/aromatic N) is 1. The third kappa shape index (κ3) is 4.68. The average molecular weight is 331 g/mol. The summed E-state index contributed by atoms with van der Waals surface area (Å²) in [4.78, 5) is -0.153. The Morgan fingerprint density at radius 2 is 2.00 bits per heavy atom. The van der Waals surface area contributed by atoms with E-state index in [1.165, 1.54) is 18.2 Å². The van der Waals surface area contributed by atoms with E-state index in [1.54, 1.807) is 0 Å². The van der Waals surface area contributed by atoms with E-state index in [1.807, 2.05) is 19.9 Å². The quantitative estimate of drug-likeness (QED) is 0.802. The molecule has 0 aliphatic heterocycles. The largest absolute Gasteiger partial charge is 0.391 e. The van der Waals surface area contributed by atoms with Crippen LogP contribution in [0.4, 0.5) is 0 Å². The van der Waals surface area contributed by atoms with Crippen molar-refractivity contribution < 1.29 is 13.5 Å². The smallest absolute Gasteiger partial charge is 0.242 e. The van der Waals surface area contributed by atoms with Gasteiger partial charge in [-0.3, -0.25) is 0 Å². The van der Waals surface area contributed by atoms with Gasteiger partial charge >= 0.3 is 0 Å². The molecule has 1 unspecified atom stereocenters. The molecule has 7 heteroatoms. The first-order valence-electron chi connectivity index (χ1n) is 6.73. The highest BCUT2D eigenvalue weighted by Crippen LogP contribution is 2.22. The van der Waals surface area contributed by atoms with Crippen LogP contribution in [0.1, 0.15) is 32.3 Å². The molecule has 1 rings (SSSR count). The van der Waals surface area contributed by atoms with Crippen molar-refractivity contribution in [1.82, 2.24) is 4.72 Å². The molecule has 5 nitrogen and oxygen atoms in total. The molecule has 0 fully saturated rings. The maximum absolute atomic E-state index is 12.2. The molecular formula is C14H19ClN2O3S. The zero-order chi connectivity index (χ0) is 16.0. The Bertz CT molecular complexity index is 622. The molecule has 1 aromatic rings. The van der Waals surface area contributed by atoms with Crippen molar-refractivity contribution in [2.24, 2.45) is 5.92 Å². The van der Waals surface area contributed by atoms with E-state index in [4.69, 9.17) is 16.9 Å². The molecule has 0 radical (unpaired) electrons. The number of rotatable bonds is 7. The lowest BCUT2D eigenvalue weighted by Gasteiger charge is -2.20. The van der Waals surface area contributed by atoms with Crippen LogP contribution in [0.3, 0.4) is 0 Å². The van der Waals surface area contributed by atoms with Crippen LogP contribution in [0.15, 0.2) is 23.1 Å². The number of halogens is 1. The monoisotopic (exact) mass is 330 g/mol. The normalized spacial score (nSPS) is 13.1. The first kappa shape index (κ1) is 17.9. The summed E-state index contributed by atoms with van der Waals surface area (Å²) in [5.41, 5.74) is 0.209. The molecule has 2 N–H and O–H groups in total. The molecule has 0 aliphatic carbocycles. The van der Waals surface area contributed by atoms with Gasteiger partial charge in [0, 0.05) is 6.54 Å². The summed E-state index contributed by atoms with van der Waals surface area (Å²) in [5, 5.41) is 18.8. The summed E-state index contributed by atoms with van der Waals surface area (Å²) >= 11 is 5.88. The van der Waals surface area contributed by atoms with Gasteiger partial charge < -0.3 is 5.11 Å². The average Bonchev–Trinajstić information content (AvgIpc) is 2.47. The Morgan fingerprint density at radius 1 is 1.38 bits per heavy atom. The molecule has 1 aromatic carbocycles. The van der Waals surface area contributed by atoms with Crippen molar-refractivity contribution in [1.29, 1.82) is 5.26 Å². The number of aliphatic hydroxyl groups is 1. The van der Waals surface area contributed by atoms with E-state index in [0.717, 1.165) is 12.8 Å². The maximum Gasteiger partial charge on any atom is 0.242 e.